The molecule has 0 aromatic heterocycles. The quantitative estimate of drug-likeness (QED) is 0.0242. The molecule has 1 aliphatic heterocycles. The van der Waals surface area contributed by atoms with Crippen molar-refractivity contribution in [1.29, 1.82) is 0 Å². The Morgan fingerprint density at radius 3 is 1.94 bits per heavy atom. The third-order valence-corrected chi connectivity index (χ3v) is 26.2. The summed E-state index contributed by atoms with van der Waals surface area (Å²) in [4.78, 5) is 28.3. The van der Waals surface area contributed by atoms with E-state index in [1.54, 1.807) is 18.9 Å². The standard InChI is InChI=1S/C57H84O8SSi3/c1-42(43(2)40-56(6,7)69(59,45-28-21-17-22-29-45)46-30-23-18-24-31-46)34-35-50(65-68(14,15)55(3,4)5)53-49(63-57(8,9)64-53)36-37-51(66-44-26-19-16-20-27-44)47-32-25-33-48(62-41-60-10)52(47)54(58)61-38-39-67(11,12)13/h16-35,42-43,49-51,53,59H,36-41H2,1-15H3/b35-34-/t42-,43-,49+,50?,51?,53+/m1/s1. The van der Waals surface area contributed by atoms with E-state index in [1.165, 1.54) is 0 Å². The number of carbonyl (C=O) groups excluding carboxylic acids is 1. The van der Waals surface area contributed by atoms with Crippen molar-refractivity contribution < 1.29 is 37.7 Å². The van der Waals surface area contributed by atoms with E-state index in [0.717, 1.165) is 33.3 Å². The molecule has 5 rings (SSSR count). The van der Waals surface area contributed by atoms with Crippen LogP contribution in [-0.4, -0.2) is 80.1 Å². The molecule has 0 radical (unpaired) electrons. The molecule has 0 amide bonds. The van der Waals surface area contributed by atoms with Crippen LogP contribution in [-0.2, 0) is 23.4 Å². The summed E-state index contributed by atoms with van der Waals surface area (Å²) < 4.78 is 38.6. The summed E-state index contributed by atoms with van der Waals surface area (Å²) in [5.41, 5.74) is 1.28. The minimum Gasteiger partial charge on any atom is -0.467 e. The number of rotatable bonds is 24. The molecule has 1 aliphatic rings. The number of benzene rings is 4. The zero-order valence-corrected chi connectivity index (χ0v) is 48.3. The van der Waals surface area contributed by atoms with Gasteiger partial charge in [0.2, 0.25) is 0 Å². The SMILES string of the molecule is COCOc1cccc(C(CC[C@@H]2OC(C)(C)O[C@@H]2C(/C=C\[C@@H](C)[C@H](C)CC(C)(C)[Si](O)(c2ccccc2)c2ccccc2)O[Si](C)(C)C(C)(C)C)Sc2ccccc2)c1C(=O)OCC[Si](C)(C)C. The van der Waals surface area contributed by atoms with E-state index in [2.05, 4.69) is 130 Å². The van der Waals surface area contributed by atoms with E-state index in [1.807, 2.05) is 86.6 Å². The molecule has 1 fully saturated rings. The van der Waals surface area contributed by atoms with Crippen LogP contribution in [0.4, 0.5) is 0 Å². The largest absolute Gasteiger partial charge is 0.467 e. The highest BCUT2D eigenvalue weighted by Crippen LogP contribution is 2.47. The normalized spacial score (nSPS) is 18.7. The number of ether oxygens (including phenoxy) is 5. The second-order valence-electron chi connectivity index (χ2n) is 22.9. The molecule has 6 atom stereocenters. The van der Waals surface area contributed by atoms with Gasteiger partial charge in [0.05, 0.1) is 18.8 Å². The van der Waals surface area contributed by atoms with Gasteiger partial charge in [-0.25, -0.2) is 4.79 Å². The third kappa shape index (κ3) is 15.1. The number of carbonyl (C=O) groups is 1. The summed E-state index contributed by atoms with van der Waals surface area (Å²) in [5, 5.41) is 1.44. The van der Waals surface area contributed by atoms with E-state index in [0.29, 0.717) is 30.8 Å². The van der Waals surface area contributed by atoms with Gasteiger partial charge >= 0.3 is 5.97 Å². The summed E-state index contributed by atoms with van der Waals surface area (Å²) in [6.07, 6.45) is 5.58. The van der Waals surface area contributed by atoms with Gasteiger partial charge in [-0.2, -0.15) is 0 Å². The summed E-state index contributed by atoms with van der Waals surface area (Å²) in [5.74, 6) is -0.402. The zero-order chi connectivity index (χ0) is 50.8. The second kappa shape index (κ2) is 23.9. The molecule has 0 bridgehead atoms. The number of thioether (sulfide) groups is 1. The summed E-state index contributed by atoms with van der Waals surface area (Å²) >= 11 is 1.72. The van der Waals surface area contributed by atoms with E-state index in [4.69, 9.17) is 28.1 Å². The minimum absolute atomic E-state index is 0.00273. The molecule has 1 saturated heterocycles. The van der Waals surface area contributed by atoms with Crippen LogP contribution in [0.25, 0.3) is 0 Å². The Hall–Kier alpha value is -3.31. The van der Waals surface area contributed by atoms with E-state index >= 15 is 0 Å². The van der Waals surface area contributed by atoms with Crippen molar-refractivity contribution in [2.45, 2.75) is 165 Å². The molecule has 8 nitrogen and oxygen atoms in total. The summed E-state index contributed by atoms with van der Waals surface area (Å²) in [6, 6.07) is 37.6. The van der Waals surface area contributed by atoms with Gasteiger partial charge in [0.15, 0.2) is 20.9 Å². The lowest BCUT2D eigenvalue weighted by Crippen LogP contribution is -2.65. The highest BCUT2D eigenvalue weighted by Gasteiger charge is 2.51. The lowest BCUT2D eigenvalue weighted by atomic mass is 9.87. The Morgan fingerprint density at radius 2 is 1.39 bits per heavy atom. The van der Waals surface area contributed by atoms with Crippen molar-refractivity contribution in [2.24, 2.45) is 11.8 Å². The smallest absolute Gasteiger partial charge is 0.342 e. The molecule has 1 N–H and O–H groups in total. The topological polar surface area (TPSA) is 92.7 Å². The molecule has 4 aromatic rings. The van der Waals surface area contributed by atoms with Gasteiger partial charge in [0.1, 0.15) is 17.4 Å². The van der Waals surface area contributed by atoms with Gasteiger partial charge in [-0.05, 0) is 108 Å². The lowest BCUT2D eigenvalue weighted by molar-refractivity contribution is -0.152. The molecule has 1 heterocycles. The predicted octanol–water partition coefficient (Wildman–Crippen LogP) is 13.4. The third-order valence-electron chi connectivity index (χ3n) is 14.2. The molecular formula is C57H84O8SSi3. The van der Waals surface area contributed by atoms with Gasteiger partial charge < -0.3 is 32.9 Å². The number of esters is 1. The first-order valence-corrected chi connectivity index (χ1v) is 34.4. The average Bonchev–Trinajstić information content (AvgIpc) is 3.61. The molecule has 0 aliphatic carbocycles. The highest BCUT2D eigenvalue weighted by atomic mass is 32.2. The fourth-order valence-corrected chi connectivity index (χ4v) is 16.1. The van der Waals surface area contributed by atoms with E-state index < -0.39 is 36.6 Å². The van der Waals surface area contributed by atoms with Crippen LogP contribution >= 0.6 is 11.8 Å². The fraction of sp³-hybridized carbons (Fsp3) is 0.526. The van der Waals surface area contributed by atoms with Crippen molar-refractivity contribution in [3.63, 3.8) is 0 Å². The minimum atomic E-state index is -3.20. The maximum absolute atomic E-state index is 14.2. The van der Waals surface area contributed by atoms with Crippen LogP contribution in [0.2, 0.25) is 48.9 Å². The molecule has 0 saturated carbocycles. The number of hydrogen-bond donors (Lipinski definition) is 1. The Bertz CT molecular complexity index is 2200. The van der Waals surface area contributed by atoms with Crippen molar-refractivity contribution in [3.8, 4) is 5.75 Å². The van der Waals surface area contributed by atoms with Crippen LogP contribution in [0.5, 0.6) is 5.75 Å². The van der Waals surface area contributed by atoms with Gasteiger partial charge in [-0.15, -0.1) is 11.8 Å². The Labute approximate surface area is 423 Å². The van der Waals surface area contributed by atoms with Gasteiger partial charge in [-0.1, -0.05) is 171 Å². The average molecular weight is 1010 g/mol. The second-order valence-corrected chi connectivity index (χ2v) is 38.5. The molecule has 4 aromatic carbocycles. The maximum Gasteiger partial charge on any atom is 0.342 e. The molecular weight excluding hydrogens is 929 g/mol. The van der Waals surface area contributed by atoms with E-state index in [-0.39, 0.29) is 52.1 Å². The van der Waals surface area contributed by atoms with Crippen LogP contribution in [0.15, 0.2) is 126 Å². The molecule has 0 spiro atoms. The van der Waals surface area contributed by atoms with E-state index in [9.17, 15) is 9.59 Å². The molecule has 378 valence electrons. The predicted molar refractivity (Wildman–Crippen MR) is 294 cm³/mol. The number of allylic oxidation sites excluding steroid dienone is 1. The number of hydrogen-bond acceptors (Lipinski definition) is 9. The maximum atomic E-state index is 14.2. The van der Waals surface area contributed by atoms with Crippen LogP contribution in [0.3, 0.4) is 0 Å². The number of methoxy groups -OCH3 is 1. The fourth-order valence-electron chi connectivity index (χ4n) is 9.07. The zero-order valence-electron chi connectivity index (χ0n) is 44.5. The highest BCUT2D eigenvalue weighted by molar-refractivity contribution is 7.99. The van der Waals surface area contributed by atoms with Gasteiger partial charge in [-0.3, -0.25) is 0 Å². The first kappa shape index (κ1) is 56.6. The van der Waals surface area contributed by atoms with Crippen molar-refractivity contribution in [2.75, 3.05) is 20.5 Å². The first-order chi connectivity index (χ1) is 32.3. The van der Waals surface area contributed by atoms with Crippen molar-refractivity contribution >= 4 is 52.8 Å². The van der Waals surface area contributed by atoms with Gasteiger partial charge in [0.25, 0.3) is 8.32 Å². The monoisotopic (exact) mass is 1010 g/mol. The van der Waals surface area contributed by atoms with Crippen molar-refractivity contribution in [3.05, 3.63) is 132 Å². The Kier molecular flexibility index (Phi) is 19.6. The lowest BCUT2D eigenvalue weighted by Gasteiger charge is -2.43. The van der Waals surface area contributed by atoms with Gasteiger partial charge in [0, 0.05) is 25.3 Å². The Morgan fingerprint density at radius 1 is 0.812 bits per heavy atom. The van der Waals surface area contributed by atoms with Crippen molar-refractivity contribution in [1.82, 2.24) is 0 Å². The molecule has 2 unspecified atom stereocenters. The summed E-state index contributed by atoms with van der Waals surface area (Å²) in [6.45, 7) is 31.7. The van der Waals surface area contributed by atoms with Crippen LogP contribution < -0.4 is 15.1 Å². The molecule has 12 heteroatoms. The summed E-state index contributed by atoms with van der Waals surface area (Å²) in [7, 11) is -5.44. The van der Waals surface area contributed by atoms with Crippen LogP contribution in [0.1, 0.15) is 103 Å². The molecule has 69 heavy (non-hydrogen) atoms. The van der Waals surface area contributed by atoms with Crippen LogP contribution in [0, 0.1) is 11.8 Å². The Balaban J connectivity index is 1.48. The first-order valence-electron chi connectivity index (χ1n) is 25.0.